The average molecular weight is 359 g/mol. The monoisotopic (exact) mass is 359 g/mol. The number of para-hydroxylation sites is 1. The molecular weight excluding hydrogens is 330 g/mol. The van der Waals surface area contributed by atoms with E-state index in [1.807, 2.05) is 0 Å². The van der Waals surface area contributed by atoms with E-state index in [2.05, 4.69) is 26.1 Å². The summed E-state index contributed by atoms with van der Waals surface area (Å²) < 4.78 is 5.11. The smallest absolute Gasteiger partial charge is 0.308 e. The number of nitrogens with one attached hydrogen (secondary N) is 1. The first-order chi connectivity index (χ1) is 12.1. The fraction of sp³-hybridized carbons (Fsp3) is 0.619. The maximum atomic E-state index is 12.5. The van der Waals surface area contributed by atoms with Gasteiger partial charge in [-0.2, -0.15) is 0 Å². The van der Waals surface area contributed by atoms with E-state index in [0.717, 1.165) is 12.8 Å². The van der Waals surface area contributed by atoms with Crippen LogP contribution >= 0.6 is 0 Å². The second-order valence-electron chi connectivity index (χ2n) is 8.68. The van der Waals surface area contributed by atoms with Crippen molar-refractivity contribution >= 4 is 11.9 Å². The summed E-state index contributed by atoms with van der Waals surface area (Å²) >= 11 is 0. The maximum Gasteiger partial charge on any atom is 0.308 e. The van der Waals surface area contributed by atoms with Gasteiger partial charge in [0.25, 0.3) is 5.91 Å². The molecule has 0 saturated heterocycles. The molecular formula is C21H29NO4. The second-order valence-corrected chi connectivity index (χ2v) is 8.68. The van der Waals surface area contributed by atoms with E-state index >= 15 is 0 Å². The van der Waals surface area contributed by atoms with E-state index in [-0.39, 0.29) is 22.5 Å². The number of amides is 1. The molecule has 1 aromatic carbocycles. The van der Waals surface area contributed by atoms with Gasteiger partial charge in [-0.05, 0) is 54.6 Å². The van der Waals surface area contributed by atoms with Crippen molar-refractivity contribution in [2.75, 3.05) is 6.54 Å². The number of aliphatic hydroxyl groups is 1. The van der Waals surface area contributed by atoms with Gasteiger partial charge in [-0.15, -0.1) is 0 Å². The van der Waals surface area contributed by atoms with E-state index in [4.69, 9.17) is 4.74 Å². The first-order valence-corrected chi connectivity index (χ1v) is 9.39. The zero-order chi connectivity index (χ0) is 19.2. The number of benzene rings is 1. The Hall–Kier alpha value is -1.88. The fourth-order valence-electron chi connectivity index (χ4n) is 5.32. The minimum absolute atomic E-state index is 0.0818. The predicted molar refractivity (Wildman–Crippen MR) is 98.9 cm³/mol. The molecule has 2 saturated carbocycles. The van der Waals surface area contributed by atoms with Crippen LogP contribution < -0.4 is 10.1 Å². The lowest BCUT2D eigenvalue weighted by Gasteiger charge is -2.51. The van der Waals surface area contributed by atoms with E-state index in [0.29, 0.717) is 24.4 Å². The van der Waals surface area contributed by atoms with Gasteiger partial charge in [-0.25, -0.2) is 0 Å². The number of ether oxygens (including phenoxy) is 1. The van der Waals surface area contributed by atoms with Crippen LogP contribution in [-0.2, 0) is 4.79 Å². The van der Waals surface area contributed by atoms with E-state index in [1.54, 1.807) is 24.3 Å². The Bertz CT molecular complexity index is 722. The zero-order valence-electron chi connectivity index (χ0n) is 16.1. The molecule has 3 atom stereocenters. The van der Waals surface area contributed by atoms with Crippen molar-refractivity contribution in [1.29, 1.82) is 0 Å². The number of hydrogen-bond donors (Lipinski definition) is 2. The first-order valence-electron chi connectivity index (χ1n) is 9.39. The summed E-state index contributed by atoms with van der Waals surface area (Å²) in [5.41, 5.74) is -0.693. The van der Waals surface area contributed by atoms with Gasteiger partial charge in [0, 0.05) is 13.5 Å². The highest BCUT2D eigenvalue weighted by Crippen LogP contribution is 2.68. The topological polar surface area (TPSA) is 75.6 Å². The van der Waals surface area contributed by atoms with E-state index < -0.39 is 11.6 Å². The molecule has 2 bridgehead atoms. The van der Waals surface area contributed by atoms with Crippen molar-refractivity contribution in [2.24, 2.45) is 16.7 Å². The van der Waals surface area contributed by atoms with Crippen LogP contribution in [-0.4, -0.2) is 29.1 Å². The molecule has 1 amide bonds. The third-order valence-electron chi connectivity index (χ3n) is 6.98. The Morgan fingerprint density at radius 2 is 1.96 bits per heavy atom. The van der Waals surface area contributed by atoms with Crippen molar-refractivity contribution in [3.05, 3.63) is 29.8 Å². The van der Waals surface area contributed by atoms with Gasteiger partial charge < -0.3 is 15.2 Å². The molecule has 0 heterocycles. The number of carbonyl (C=O) groups excluding carboxylic acids is 2. The third kappa shape index (κ3) is 2.82. The molecule has 142 valence electrons. The lowest BCUT2D eigenvalue weighted by Crippen LogP contribution is -2.55. The van der Waals surface area contributed by atoms with Crippen LogP contribution in [0.15, 0.2) is 24.3 Å². The summed E-state index contributed by atoms with van der Waals surface area (Å²) in [5, 5.41) is 14.4. The molecule has 2 fully saturated rings. The number of hydrogen-bond acceptors (Lipinski definition) is 4. The van der Waals surface area contributed by atoms with Gasteiger partial charge in [0.15, 0.2) is 0 Å². The van der Waals surface area contributed by atoms with Gasteiger partial charge in [0.2, 0.25) is 0 Å². The van der Waals surface area contributed by atoms with Gasteiger partial charge in [-0.3, -0.25) is 9.59 Å². The van der Waals surface area contributed by atoms with Crippen molar-refractivity contribution in [3.63, 3.8) is 0 Å². The van der Waals surface area contributed by atoms with Crippen molar-refractivity contribution in [1.82, 2.24) is 5.32 Å². The highest BCUT2D eigenvalue weighted by molar-refractivity contribution is 5.97. The number of rotatable bonds is 5. The molecule has 2 N–H and O–H groups in total. The minimum atomic E-state index is -0.786. The molecule has 2 aliphatic carbocycles. The predicted octanol–water partition coefficient (Wildman–Crippen LogP) is 3.31. The Morgan fingerprint density at radius 3 is 2.58 bits per heavy atom. The summed E-state index contributed by atoms with van der Waals surface area (Å²) in [6.45, 7) is 8.18. The quantitative estimate of drug-likeness (QED) is 0.625. The van der Waals surface area contributed by atoms with Crippen LogP contribution in [0.1, 0.15) is 63.7 Å². The largest absolute Gasteiger partial charge is 0.426 e. The number of fused-ring (bicyclic) bond motifs is 2. The van der Waals surface area contributed by atoms with Crippen LogP contribution in [0.4, 0.5) is 0 Å². The van der Waals surface area contributed by atoms with Crippen molar-refractivity contribution in [2.45, 2.75) is 59.0 Å². The molecule has 0 aliphatic heterocycles. The SMILES string of the molecule is CC(=O)Oc1ccccc1C(=O)NCC[C@]1(O)C(C)(C)[C@H]2CC[C@]1(C)C2. The average Bonchev–Trinajstić information content (AvgIpc) is 3.03. The van der Waals surface area contributed by atoms with Gasteiger partial charge in [0.1, 0.15) is 5.75 Å². The highest BCUT2D eigenvalue weighted by Gasteiger charge is 2.67. The van der Waals surface area contributed by atoms with E-state index in [9.17, 15) is 14.7 Å². The first kappa shape index (κ1) is 18.9. The normalized spacial score (nSPS) is 31.7. The summed E-state index contributed by atoms with van der Waals surface area (Å²) in [7, 11) is 0. The number of carbonyl (C=O) groups is 2. The summed E-state index contributed by atoms with van der Waals surface area (Å²) in [6.07, 6.45) is 3.79. The second kappa shape index (κ2) is 6.38. The molecule has 0 unspecified atom stereocenters. The molecule has 0 spiro atoms. The Labute approximate surface area is 155 Å². The van der Waals surface area contributed by atoms with Gasteiger partial charge >= 0.3 is 5.97 Å². The lowest BCUT2D eigenvalue weighted by atomic mass is 9.59. The molecule has 0 aromatic heterocycles. The Balaban J connectivity index is 1.67. The van der Waals surface area contributed by atoms with Crippen LogP contribution in [0.25, 0.3) is 0 Å². The van der Waals surface area contributed by atoms with E-state index in [1.165, 1.54) is 13.3 Å². The molecule has 5 nitrogen and oxygen atoms in total. The van der Waals surface area contributed by atoms with Crippen molar-refractivity contribution < 1.29 is 19.4 Å². The standard InChI is InChI=1S/C21H29NO4/c1-14(23)26-17-8-6-5-7-16(17)18(24)22-12-11-21(25)19(2,3)15-9-10-20(21,4)13-15/h5-8,15,25H,9-13H2,1-4H3,(H,22,24)/t15-,20+,21-/m0/s1. The lowest BCUT2D eigenvalue weighted by molar-refractivity contribution is -0.146. The minimum Gasteiger partial charge on any atom is -0.426 e. The summed E-state index contributed by atoms with van der Waals surface area (Å²) in [6, 6.07) is 6.68. The van der Waals surface area contributed by atoms with Crippen LogP contribution in [0.2, 0.25) is 0 Å². The summed E-state index contributed by atoms with van der Waals surface area (Å²) in [4.78, 5) is 23.8. The fourth-order valence-corrected chi connectivity index (χ4v) is 5.32. The van der Waals surface area contributed by atoms with Crippen molar-refractivity contribution in [3.8, 4) is 5.75 Å². The van der Waals surface area contributed by atoms with Crippen LogP contribution in [0, 0.1) is 16.7 Å². The third-order valence-corrected chi connectivity index (χ3v) is 6.98. The molecule has 3 rings (SSSR count). The van der Waals surface area contributed by atoms with Crippen LogP contribution in [0.5, 0.6) is 5.75 Å². The summed E-state index contributed by atoms with van der Waals surface area (Å²) in [5.74, 6) is 0.0362. The Kier molecular flexibility index (Phi) is 4.63. The highest BCUT2D eigenvalue weighted by atomic mass is 16.5. The molecule has 1 aromatic rings. The van der Waals surface area contributed by atoms with Crippen LogP contribution in [0.3, 0.4) is 0 Å². The molecule has 0 radical (unpaired) electrons. The molecule has 2 aliphatic rings. The molecule has 5 heteroatoms. The molecule has 26 heavy (non-hydrogen) atoms. The maximum absolute atomic E-state index is 12.5. The number of esters is 1. The van der Waals surface area contributed by atoms with Gasteiger partial charge in [-0.1, -0.05) is 32.9 Å². The van der Waals surface area contributed by atoms with Gasteiger partial charge in [0.05, 0.1) is 11.2 Å². The zero-order valence-corrected chi connectivity index (χ0v) is 16.1. The Morgan fingerprint density at radius 1 is 1.27 bits per heavy atom.